The first-order chi connectivity index (χ1) is 14.5. The number of hydrogen-bond acceptors (Lipinski definition) is 5. The predicted octanol–water partition coefficient (Wildman–Crippen LogP) is 3.04. The van der Waals surface area contributed by atoms with Crippen LogP contribution >= 0.6 is 0 Å². The Balaban J connectivity index is 1.41. The number of rotatable bonds is 6. The predicted molar refractivity (Wildman–Crippen MR) is 127 cm³/mol. The van der Waals surface area contributed by atoms with Crippen molar-refractivity contribution in [3.05, 3.63) is 24.3 Å². The van der Waals surface area contributed by atoms with Gasteiger partial charge in [-0.05, 0) is 76.6 Å². The second-order valence-corrected chi connectivity index (χ2v) is 12.3. The maximum absolute atomic E-state index is 12.4. The first-order valence-electron chi connectivity index (χ1n) is 11.4. The van der Waals surface area contributed by atoms with Gasteiger partial charge in [0.05, 0.1) is 4.75 Å². The highest BCUT2D eigenvalue weighted by Gasteiger charge is 2.32. The molecule has 1 aromatic rings. The molecule has 0 bridgehead atoms. The summed E-state index contributed by atoms with van der Waals surface area (Å²) < 4.78 is 26.8. The zero-order valence-corrected chi connectivity index (χ0v) is 20.2. The number of carbonyl (C=O) groups excluding carboxylic acids is 1. The summed E-state index contributed by atoms with van der Waals surface area (Å²) >= 11 is 0. The van der Waals surface area contributed by atoms with Crippen molar-refractivity contribution >= 4 is 27.3 Å². The van der Waals surface area contributed by atoms with Crippen molar-refractivity contribution in [1.29, 1.82) is 0 Å². The first kappa shape index (κ1) is 23.9. The van der Waals surface area contributed by atoms with Gasteiger partial charge in [0.2, 0.25) is 15.9 Å². The number of piperazine rings is 1. The summed E-state index contributed by atoms with van der Waals surface area (Å²) in [5.41, 5.74) is 2.31. The molecular weight excluding hydrogens is 412 g/mol. The second kappa shape index (κ2) is 9.77. The molecule has 31 heavy (non-hydrogen) atoms. The van der Waals surface area contributed by atoms with Crippen LogP contribution in [-0.2, 0) is 14.8 Å². The van der Waals surface area contributed by atoms with E-state index in [1.165, 1.54) is 5.69 Å². The molecule has 7 nitrogen and oxygen atoms in total. The van der Waals surface area contributed by atoms with E-state index in [0.717, 1.165) is 64.1 Å². The van der Waals surface area contributed by atoms with Gasteiger partial charge in [-0.15, -0.1) is 0 Å². The fraction of sp³-hybridized carbons (Fsp3) is 0.696. The lowest BCUT2D eigenvalue weighted by Gasteiger charge is -2.35. The number of anilines is 2. The van der Waals surface area contributed by atoms with Crippen molar-refractivity contribution < 1.29 is 13.2 Å². The summed E-state index contributed by atoms with van der Waals surface area (Å²) in [5.74, 6) is 0.717. The van der Waals surface area contributed by atoms with Crippen LogP contribution in [0.1, 0.15) is 53.4 Å². The summed E-state index contributed by atoms with van der Waals surface area (Å²) in [6.07, 6.45) is 3.85. The maximum atomic E-state index is 12.4. The highest BCUT2D eigenvalue weighted by molar-refractivity contribution is 7.90. The summed E-state index contributed by atoms with van der Waals surface area (Å²) in [5, 5.41) is 3.54. The average molecular weight is 451 g/mol. The molecule has 1 aliphatic heterocycles. The van der Waals surface area contributed by atoms with E-state index in [-0.39, 0.29) is 11.9 Å². The van der Waals surface area contributed by atoms with Crippen LogP contribution in [0.5, 0.6) is 0 Å². The standard InChI is InChI=1S/C23H38N4O3S/c1-18(28)26-13-15-27(16-14-26)22-11-9-20(10-12-22)24-17-19-5-7-21(8-6-19)25-31(29,30)23(2,3)4/h9-12,19,21,24-25H,5-8,13-17H2,1-4H3. The number of carbonyl (C=O) groups is 1. The van der Waals surface area contributed by atoms with Gasteiger partial charge in [0.1, 0.15) is 0 Å². The lowest BCUT2D eigenvalue weighted by atomic mass is 9.86. The number of hydrogen-bond donors (Lipinski definition) is 2. The summed E-state index contributed by atoms with van der Waals surface area (Å²) in [6, 6.07) is 8.59. The summed E-state index contributed by atoms with van der Waals surface area (Å²) in [6.45, 7) is 11.1. The number of nitrogens with one attached hydrogen (secondary N) is 2. The fourth-order valence-electron chi connectivity index (χ4n) is 4.21. The molecular formula is C23H38N4O3S. The number of nitrogens with zero attached hydrogens (tertiary/aromatic N) is 2. The van der Waals surface area contributed by atoms with Crippen LogP contribution in [0.25, 0.3) is 0 Å². The van der Waals surface area contributed by atoms with Crippen molar-refractivity contribution in [1.82, 2.24) is 9.62 Å². The topological polar surface area (TPSA) is 81.8 Å². The Kier molecular flexibility index (Phi) is 7.52. The van der Waals surface area contributed by atoms with E-state index in [2.05, 4.69) is 39.2 Å². The van der Waals surface area contributed by atoms with Crippen LogP contribution < -0.4 is 14.9 Å². The molecule has 0 atom stereocenters. The van der Waals surface area contributed by atoms with E-state index in [9.17, 15) is 13.2 Å². The highest BCUT2D eigenvalue weighted by atomic mass is 32.2. The SMILES string of the molecule is CC(=O)N1CCN(c2ccc(NCC3CCC(NS(=O)(=O)C(C)(C)C)CC3)cc2)CC1. The molecule has 3 rings (SSSR count). The third-order valence-electron chi connectivity index (χ3n) is 6.53. The van der Waals surface area contributed by atoms with Crippen molar-refractivity contribution in [3.63, 3.8) is 0 Å². The molecule has 174 valence electrons. The smallest absolute Gasteiger partial charge is 0.219 e. The Labute approximate surface area is 187 Å². The molecule has 0 spiro atoms. The number of benzene rings is 1. The molecule has 2 aliphatic rings. The molecule has 0 radical (unpaired) electrons. The van der Waals surface area contributed by atoms with Gasteiger partial charge in [0.15, 0.2) is 0 Å². The fourth-order valence-corrected chi connectivity index (χ4v) is 5.24. The van der Waals surface area contributed by atoms with E-state index in [1.54, 1.807) is 27.7 Å². The van der Waals surface area contributed by atoms with Gasteiger partial charge in [0.25, 0.3) is 0 Å². The van der Waals surface area contributed by atoms with Gasteiger partial charge >= 0.3 is 0 Å². The largest absolute Gasteiger partial charge is 0.385 e. The van der Waals surface area contributed by atoms with Crippen LogP contribution in [0.2, 0.25) is 0 Å². The Morgan fingerprint density at radius 1 is 1.00 bits per heavy atom. The minimum absolute atomic E-state index is 0.0585. The molecule has 8 heteroatoms. The van der Waals surface area contributed by atoms with Crippen molar-refractivity contribution in [2.45, 2.75) is 64.2 Å². The lowest BCUT2D eigenvalue weighted by Crippen LogP contribution is -2.48. The average Bonchev–Trinajstić information content (AvgIpc) is 2.73. The second-order valence-electron chi connectivity index (χ2n) is 9.87. The molecule has 1 aromatic carbocycles. The zero-order chi connectivity index (χ0) is 22.6. The van der Waals surface area contributed by atoms with Crippen LogP contribution in [0.15, 0.2) is 24.3 Å². The molecule has 1 saturated carbocycles. The quantitative estimate of drug-likeness (QED) is 0.696. The van der Waals surface area contributed by atoms with Crippen LogP contribution in [-0.4, -0.2) is 62.7 Å². The molecule has 1 amide bonds. The van der Waals surface area contributed by atoms with Crippen molar-refractivity contribution in [2.75, 3.05) is 42.9 Å². The van der Waals surface area contributed by atoms with Gasteiger partial charge in [-0.2, -0.15) is 0 Å². The number of sulfonamides is 1. The Morgan fingerprint density at radius 2 is 1.58 bits per heavy atom. The van der Waals surface area contributed by atoms with E-state index in [0.29, 0.717) is 5.92 Å². The minimum atomic E-state index is -3.28. The maximum Gasteiger partial charge on any atom is 0.219 e. The van der Waals surface area contributed by atoms with E-state index >= 15 is 0 Å². The Bertz CT molecular complexity index is 833. The molecule has 0 aromatic heterocycles. The molecule has 0 unspecified atom stereocenters. The van der Waals surface area contributed by atoms with Gasteiger partial charge in [-0.3, -0.25) is 4.79 Å². The molecule has 1 heterocycles. The Hall–Kier alpha value is -1.80. The van der Waals surface area contributed by atoms with Gasteiger partial charge in [-0.25, -0.2) is 13.1 Å². The van der Waals surface area contributed by atoms with Crippen LogP contribution in [0.4, 0.5) is 11.4 Å². The zero-order valence-electron chi connectivity index (χ0n) is 19.4. The van der Waals surface area contributed by atoms with E-state index < -0.39 is 14.8 Å². The lowest BCUT2D eigenvalue weighted by molar-refractivity contribution is -0.129. The highest BCUT2D eigenvalue weighted by Crippen LogP contribution is 2.27. The van der Waals surface area contributed by atoms with Crippen molar-refractivity contribution in [2.24, 2.45) is 5.92 Å². The molecule has 1 saturated heterocycles. The minimum Gasteiger partial charge on any atom is -0.385 e. The third-order valence-corrected chi connectivity index (χ3v) is 8.78. The third kappa shape index (κ3) is 6.35. The molecule has 1 aliphatic carbocycles. The normalized spacial score (nSPS) is 23.0. The molecule has 2 fully saturated rings. The molecule has 2 N–H and O–H groups in total. The van der Waals surface area contributed by atoms with Crippen LogP contribution in [0, 0.1) is 5.92 Å². The van der Waals surface area contributed by atoms with Crippen LogP contribution in [0.3, 0.4) is 0 Å². The first-order valence-corrected chi connectivity index (χ1v) is 12.9. The number of amides is 1. The van der Waals surface area contributed by atoms with Gasteiger partial charge in [-0.1, -0.05) is 0 Å². The Morgan fingerprint density at radius 3 is 2.10 bits per heavy atom. The van der Waals surface area contributed by atoms with Crippen molar-refractivity contribution in [3.8, 4) is 0 Å². The van der Waals surface area contributed by atoms with E-state index in [1.807, 2.05) is 4.90 Å². The monoisotopic (exact) mass is 450 g/mol. The van der Waals surface area contributed by atoms with Gasteiger partial charge < -0.3 is 15.1 Å². The van der Waals surface area contributed by atoms with E-state index in [4.69, 9.17) is 0 Å². The van der Waals surface area contributed by atoms with Gasteiger partial charge in [0, 0.05) is 57.1 Å². The summed E-state index contributed by atoms with van der Waals surface area (Å²) in [4.78, 5) is 15.7. The summed E-state index contributed by atoms with van der Waals surface area (Å²) in [7, 11) is -3.28.